The van der Waals surface area contributed by atoms with E-state index in [4.69, 9.17) is 5.11 Å². The standard InChI is InChI=1S/C13H14BrNO4/c1-7-4-8(14)2-3-10(7)12(17)15-6-9(16)5-11(15)13(18)19/h2-4,9,11,16H,5-6H2,1H3,(H,18,19)/t9-,11-/m1/s1. The highest BCUT2D eigenvalue weighted by Gasteiger charge is 2.39. The Morgan fingerprint density at radius 3 is 2.68 bits per heavy atom. The fourth-order valence-electron chi connectivity index (χ4n) is 2.29. The smallest absolute Gasteiger partial charge is 0.326 e. The molecule has 1 aliphatic heterocycles. The zero-order valence-electron chi connectivity index (χ0n) is 10.3. The fourth-order valence-corrected chi connectivity index (χ4v) is 2.77. The van der Waals surface area contributed by atoms with Crippen molar-refractivity contribution in [3.05, 3.63) is 33.8 Å². The van der Waals surface area contributed by atoms with Crippen molar-refractivity contribution in [1.82, 2.24) is 4.90 Å². The highest BCUT2D eigenvalue weighted by atomic mass is 79.9. The molecule has 0 radical (unpaired) electrons. The number of aliphatic carboxylic acids is 1. The van der Waals surface area contributed by atoms with Crippen molar-refractivity contribution in [2.45, 2.75) is 25.5 Å². The van der Waals surface area contributed by atoms with Crippen molar-refractivity contribution in [3.63, 3.8) is 0 Å². The van der Waals surface area contributed by atoms with E-state index in [1.54, 1.807) is 25.1 Å². The third-order valence-electron chi connectivity index (χ3n) is 3.24. The summed E-state index contributed by atoms with van der Waals surface area (Å²) in [5.41, 5.74) is 1.23. The molecule has 0 aromatic heterocycles. The van der Waals surface area contributed by atoms with Gasteiger partial charge in [-0.25, -0.2) is 4.79 Å². The molecule has 19 heavy (non-hydrogen) atoms. The SMILES string of the molecule is Cc1cc(Br)ccc1C(=O)N1C[C@H](O)C[C@@H]1C(=O)O. The Bertz CT molecular complexity index is 531. The molecule has 102 valence electrons. The Labute approximate surface area is 119 Å². The molecule has 1 heterocycles. The number of carbonyl (C=O) groups is 2. The number of aliphatic hydroxyl groups is 1. The summed E-state index contributed by atoms with van der Waals surface area (Å²) in [5, 5.41) is 18.7. The quantitative estimate of drug-likeness (QED) is 0.861. The van der Waals surface area contributed by atoms with Crippen LogP contribution in [0, 0.1) is 6.92 Å². The number of nitrogens with zero attached hydrogens (tertiary/aromatic N) is 1. The molecule has 0 spiro atoms. The number of β-amino-alcohol motifs (C(OH)–C–C–N with tert-alkyl or cyclic N) is 1. The van der Waals surface area contributed by atoms with Crippen molar-refractivity contribution in [1.29, 1.82) is 0 Å². The van der Waals surface area contributed by atoms with Gasteiger partial charge in [-0.3, -0.25) is 4.79 Å². The monoisotopic (exact) mass is 327 g/mol. The van der Waals surface area contributed by atoms with Gasteiger partial charge in [-0.05, 0) is 30.7 Å². The predicted molar refractivity (Wildman–Crippen MR) is 72.0 cm³/mol. The number of hydrogen-bond donors (Lipinski definition) is 2. The zero-order valence-corrected chi connectivity index (χ0v) is 11.9. The van der Waals surface area contributed by atoms with Crippen molar-refractivity contribution in [2.75, 3.05) is 6.54 Å². The van der Waals surface area contributed by atoms with Crippen LogP contribution >= 0.6 is 15.9 Å². The van der Waals surface area contributed by atoms with Crippen molar-refractivity contribution >= 4 is 27.8 Å². The molecule has 0 aliphatic carbocycles. The van der Waals surface area contributed by atoms with E-state index in [-0.39, 0.29) is 18.9 Å². The van der Waals surface area contributed by atoms with E-state index in [1.807, 2.05) is 0 Å². The number of likely N-dealkylation sites (tertiary alicyclic amines) is 1. The molecule has 2 N–H and O–H groups in total. The van der Waals surface area contributed by atoms with Gasteiger partial charge >= 0.3 is 5.97 Å². The summed E-state index contributed by atoms with van der Waals surface area (Å²) in [5.74, 6) is -1.44. The number of benzene rings is 1. The molecule has 0 unspecified atom stereocenters. The lowest BCUT2D eigenvalue weighted by atomic mass is 10.1. The molecular weight excluding hydrogens is 314 g/mol. The normalized spacial score (nSPS) is 22.6. The highest BCUT2D eigenvalue weighted by molar-refractivity contribution is 9.10. The molecular formula is C13H14BrNO4. The molecule has 1 fully saturated rings. The molecule has 2 rings (SSSR count). The summed E-state index contributed by atoms with van der Waals surface area (Å²) in [6.45, 7) is 1.85. The predicted octanol–water partition coefficient (Wildman–Crippen LogP) is 1.42. The number of carboxylic acid groups (broad SMARTS) is 1. The van der Waals surface area contributed by atoms with Crippen molar-refractivity contribution in [3.8, 4) is 0 Å². The van der Waals surface area contributed by atoms with E-state index in [1.165, 1.54) is 4.90 Å². The van der Waals surface area contributed by atoms with Crippen LogP contribution in [0.4, 0.5) is 0 Å². The molecule has 6 heteroatoms. The van der Waals surface area contributed by atoms with Gasteiger partial charge in [0.1, 0.15) is 6.04 Å². The number of aliphatic hydroxyl groups excluding tert-OH is 1. The van der Waals surface area contributed by atoms with Crippen LogP contribution in [0.2, 0.25) is 0 Å². The van der Waals surface area contributed by atoms with Gasteiger partial charge in [0.25, 0.3) is 5.91 Å². The maximum atomic E-state index is 12.4. The molecule has 1 aliphatic rings. The van der Waals surface area contributed by atoms with Gasteiger partial charge in [-0.2, -0.15) is 0 Å². The molecule has 1 saturated heterocycles. The molecule has 1 aromatic rings. The average molecular weight is 328 g/mol. The van der Waals surface area contributed by atoms with E-state index >= 15 is 0 Å². The van der Waals surface area contributed by atoms with Crippen LogP contribution in [-0.2, 0) is 4.79 Å². The lowest BCUT2D eigenvalue weighted by Gasteiger charge is -2.22. The molecule has 1 amide bonds. The first-order valence-electron chi connectivity index (χ1n) is 5.88. The number of halogens is 1. The first-order valence-corrected chi connectivity index (χ1v) is 6.67. The Kier molecular flexibility index (Phi) is 3.91. The maximum Gasteiger partial charge on any atom is 0.326 e. The third-order valence-corrected chi connectivity index (χ3v) is 3.74. The molecule has 0 bridgehead atoms. The van der Waals surface area contributed by atoms with Gasteiger partial charge < -0.3 is 15.1 Å². The fraction of sp³-hybridized carbons (Fsp3) is 0.385. The van der Waals surface area contributed by atoms with Gasteiger partial charge in [0, 0.05) is 23.0 Å². The van der Waals surface area contributed by atoms with Crippen LogP contribution in [0.1, 0.15) is 22.3 Å². The van der Waals surface area contributed by atoms with Gasteiger partial charge in [0.15, 0.2) is 0 Å². The van der Waals surface area contributed by atoms with E-state index in [9.17, 15) is 14.7 Å². The first kappa shape index (κ1) is 14.0. The number of aryl methyl sites for hydroxylation is 1. The number of carboxylic acids is 1. The minimum atomic E-state index is -1.08. The number of rotatable bonds is 2. The number of amides is 1. The Balaban J connectivity index is 2.30. The first-order chi connectivity index (χ1) is 8.90. The van der Waals surface area contributed by atoms with E-state index < -0.39 is 18.1 Å². The second-order valence-corrected chi connectivity index (χ2v) is 5.58. The van der Waals surface area contributed by atoms with Gasteiger partial charge in [-0.15, -0.1) is 0 Å². The molecule has 1 aromatic carbocycles. The second-order valence-electron chi connectivity index (χ2n) is 4.66. The Hall–Kier alpha value is -1.40. The van der Waals surface area contributed by atoms with Crippen LogP contribution in [0.3, 0.4) is 0 Å². The molecule has 2 atom stereocenters. The lowest BCUT2D eigenvalue weighted by Crippen LogP contribution is -2.40. The minimum Gasteiger partial charge on any atom is -0.480 e. The number of hydrogen-bond acceptors (Lipinski definition) is 3. The van der Waals surface area contributed by atoms with E-state index in [2.05, 4.69) is 15.9 Å². The average Bonchev–Trinajstić information content (AvgIpc) is 2.70. The van der Waals surface area contributed by atoms with E-state index in [0.717, 1.165) is 10.0 Å². The van der Waals surface area contributed by atoms with Crippen LogP contribution in [0.15, 0.2) is 22.7 Å². The Morgan fingerprint density at radius 2 is 2.11 bits per heavy atom. The molecule has 0 saturated carbocycles. The van der Waals surface area contributed by atoms with Crippen molar-refractivity contribution < 1.29 is 19.8 Å². The van der Waals surface area contributed by atoms with Crippen LogP contribution in [0.25, 0.3) is 0 Å². The van der Waals surface area contributed by atoms with Gasteiger partial charge in [-0.1, -0.05) is 15.9 Å². The maximum absolute atomic E-state index is 12.4. The lowest BCUT2D eigenvalue weighted by molar-refractivity contribution is -0.141. The summed E-state index contributed by atoms with van der Waals surface area (Å²) in [6.07, 6.45) is -0.697. The summed E-state index contributed by atoms with van der Waals surface area (Å²) >= 11 is 3.31. The second kappa shape index (κ2) is 5.30. The summed E-state index contributed by atoms with van der Waals surface area (Å²) in [4.78, 5) is 24.7. The van der Waals surface area contributed by atoms with Crippen LogP contribution < -0.4 is 0 Å². The van der Waals surface area contributed by atoms with Crippen LogP contribution in [0.5, 0.6) is 0 Å². The number of carbonyl (C=O) groups excluding carboxylic acids is 1. The largest absolute Gasteiger partial charge is 0.480 e. The zero-order chi connectivity index (χ0) is 14.2. The topological polar surface area (TPSA) is 77.8 Å². The van der Waals surface area contributed by atoms with Crippen LogP contribution in [-0.4, -0.2) is 45.7 Å². The third kappa shape index (κ3) is 2.79. The van der Waals surface area contributed by atoms with Gasteiger partial charge in [0.05, 0.1) is 6.10 Å². The summed E-state index contributed by atoms with van der Waals surface area (Å²) in [6, 6.07) is 4.24. The highest BCUT2D eigenvalue weighted by Crippen LogP contribution is 2.23. The van der Waals surface area contributed by atoms with E-state index in [0.29, 0.717) is 5.56 Å². The minimum absolute atomic E-state index is 0.0608. The van der Waals surface area contributed by atoms with Gasteiger partial charge in [0.2, 0.25) is 0 Å². The Morgan fingerprint density at radius 1 is 1.42 bits per heavy atom. The summed E-state index contributed by atoms with van der Waals surface area (Å²) < 4.78 is 0.859. The van der Waals surface area contributed by atoms with Crippen molar-refractivity contribution in [2.24, 2.45) is 0 Å². The molecule has 5 nitrogen and oxygen atoms in total. The summed E-state index contributed by atoms with van der Waals surface area (Å²) in [7, 11) is 0.